The summed E-state index contributed by atoms with van der Waals surface area (Å²) >= 11 is 0. The second-order valence-corrected chi connectivity index (χ2v) is 6.65. The highest BCUT2D eigenvalue weighted by Gasteiger charge is 2.37. The molecule has 0 heterocycles. The normalized spacial score (nSPS) is 27.4. The van der Waals surface area contributed by atoms with Gasteiger partial charge < -0.3 is 4.74 Å². The van der Waals surface area contributed by atoms with E-state index in [1.165, 1.54) is 0 Å². The largest absolute Gasteiger partial charge is 0.371 e. The molecule has 2 rings (SSSR count). The van der Waals surface area contributed by atoms with Crippen LogP contribution in [0.3, 0.4) is 0 Å². The Hall–Kier alpha value is -0.980. The van der Waals surface area contributed by atoms with Crippen molar-refractivity contribution < 1.29 is 21.7 Å². The van der Waals surface area contributed by atoms with E-state index in [9.17, 15) is 12.8 Å². The van der Waals surface area contributed by atoms with Crippen molar-refractivity contribution in [1.29, 1.82) is 0 Å². The van der Waals surface area contributed by atoms with Gasteiger partial charge in [0.2, 0.25) is 0 Å². The lowest BCUT2D eigenvalue weighted by atomic mass is 9.93. The van der Waals surface area contributed by atoms with Gasteiger partial charge in [0.25, 0.3) is 10.1 Å². The molecule has 0 bridgehead atoms. The predicted molar refractivity (Wildman–Crippen MR) is 73.5 cm³/mol. The quantitative estimate of drug-likeness (QED) is 0.784. The van der Waals surface area contributed by atoms with E-state index >= 15 is 0 Å². The van der Waals surface area contributed by atoms with Crippen LogP contribution < -0.4 is 0 Å². The van der Waals surface area contributed by atoms with Gasteiger partial charge in [0.1, 0.15) is 12.3 Å². The molecule has 0 amide bonds. The third-order valence-electron chi connectivity index (χ3n) is 3.28. The first-order chi connectivity index (χ1) is 9.46. The van der Waals surface area contributed by atoms with Crippen LogP contribution in [-0.2, 0) is 25.6 Å². The molecule has 0 aromatic heterocycles. The molecule has 0 unspecified atom stereocenters. The Kier molecular flexibility index (Phi) is 5.12. The molecule has 4 nitrogen and oxygen atoms in total. The first kappa shape index (κ1) is 15.4. The number of benzene rings is 1. The highest BCUT2D eigenvalue weighted by molar-refractivity contribution is 7.86. The number of halogens is 1. The molecule has 0 radical (unpaired) electrons. The minimum absolute atomic E-state index is 0.311. The first-order valence-electron chi connectivity index (χ1n) is 6.63. The van der Waals surface area contributed by atoms with Crippen molar-refractivity contribution in [3.8, 4) is 0 Å². The second-order valence-electron chi connectivity index (χ2n) is 5.05. The maximum atomic E-state index is 13.9. The van der Waals surface area contributed by atoms with E-state index < -0.39 is 28.5 Å². The minimum atomic E-state index is -3.69. The second kappa shape index (κ2) is 6.65. The van der Waals surface area contributed by atoms with Gasteiger partial charge in [0, 0.05) is 0 Å². The van der Waals surface area contributed by atoms with Crippen LogP contribution >= 0.6 is 0 Å². The van der Waals surface area contributed by atoms with Crippen LogP contribution in [-0.4, -0.2) is 33.1 Å². The Labute approximate surface area is 119 Å². The molecule has 20 heavy (non-hydrogen) atoms. The lowest BCUT2D eigenvalue weighted by Crippen LogP contribution is -2.43. The van der Waals surface area contributed by atoms with Crippen molar-refractivity contribution in [2.75, 3.05) is 6.26 Å². The monoisotopic (exact) mass is 302 g/mol. The van der Waals surface area contributed by atoms with E-state index in [1.54, 1.807) is 0 Å². The zero-order valence-electron chi connectivity index (χ0n) is 11.4. The molecule has 1 saturated carbocycles. The fourth-order valence-corrected chi connectivity index (χ4v) is 3.00. The van der Waals surface area contributed by atoms with Crippen molar-refractivity contribution in [2.45, 2.75) is 44.2 Å². The molecule has 1 aromatic carbocycles. The molecule has 3 atom stereocenters. The van der Waals surface area contributed by atoms with Gasteiger partial charge in [0.05, 0.1) is 19.0 Å². The third kappa shape index (κ3) is 4.54. The van der Waals surface area contributed by atoms with Crippen LogP contribution in [0.15, 0.2) is 30.3 Å². The first-order valence-corrected chi connectivity index (χ1v) is 8.45. The van der Waals surface area contributed by atoms with Gasteiger partial charge >= 0.3 is 0 Å². The summed E-state index contributed by atoms with van der Waals surface area (Å²) in [6, 6.07) is 9.49. The van der Waals surface area contributed by atoms with E-state index in [0.717, 1.165) is 11.8 Å². The Morgan fingerprint density at radius 1 is 1.25 bits per heavy atom. The molecule has 6 heteroatoms. The van der Waals surface area contributed by atoms with E-state index in [2.05, 4.69) is 0 Å². The van der Waals surface area contributed by atoms with Gasteiger partial charge in [0.15, 0.2) is 0 Å². The molecular formula is C14H19FO4S. The minimum Gasteiger partial charge on any atom is -0.371 e. The van der Waals surface area contributed by atoms with E-state index in [-0.39, 0.29) is 0 Å². The summed E-state index contributed by atoms with van der Waals surface area (Å²) in [4.78, 5) is 0. The summed E-state index contributed by atoms with van der Waals surface area (Å²) in [6.07, 6.45) is -0.360. The topological polar surface area (TPSA) is 52.6 Å². The van der Waals surface area contributed by atoms with Gasteiger partial charge in [-0.15, -0.1) is 0 Å². The molecule has 112 valence electrons. The SMILES string of the molecule is CS(=O)(=O)O[C@H]1[C@H](F)CCC[C@@H]1OCc1ccccc1. The summed E-state index contributed by atoms with van der Waals surface area (Å²) in [5.74, 6) is 0. The molecule has 0 saturated heterocycles. The molecule has 1 aliphatic carbocycles. The van der Waals surface area contributed by atoms with Crippen LogP contribution in [0.4, 0.5) is 4.39 Å². The molecule has 1 aliphatic rings. The highest BCUT2D eigenvalue weighted by atomic mass is 32.2. The fourth-order valence-electron chi connectivity index (χ4n) is 2.36. The average molecular weight is 302 g/mol. The molecule has 0 N–H and O–H groups in total. The lowest BCUT2D eigenvalue weighted by molar-refractivity contribution is -0.0832. The van der Waals surface area contributed by atoms with E-state index in [4.69, 9.17) is 8.92 Å². The van der Waals surface area contributed by atoms with Gasteiger partial charge in [-0.1, -0.05) is 30.3 Å². The van der Waals surface area contributed by atoms with Gasteiger partial charge in [-0.2, -0.15) is 8.42 Å². The smallest absolute Gasteiger partial charge is 0.264 e. The fraction of sp³-hybridized carbons (Fsp3) is 0.571. The summed E-state index contributed by atoms with van der Waals surface area (Å²) in [7, 11) is -3.69. The maximum absolute atomic E-state index is 13.9. The highest BCUT2D eigenvalue weighted by Crippen LogP contribution is 2.28. The van der Waals surface area contributed by atoms with E-state index in [0.29, 0.717) is 25.9 Å². The molecule has 1 fully saturated rings. The number of ether oxygens (including phenoxy) is 1. The van der Waals surface area contributed by atoms with Crippen LogP contribution in [0.2, 0.25) is 0 Å². The van der Waals surface area contributed by atoms with Gasteiger partial charge in [-0.05, 0) is 24.8 Å². The van der Waals surface area contributed by atoms with Crippen LogP contribution in [0.5, 0.6) is 0 Å². The van der Waals surface area contributed by atoms with Crippen LogP contribution in [0, 0.1) is 0 Å². The zero-order chi connectivity index (χ0) is 14.6. The van der Waals surface area contributed by atoms with E-state index in [1.807, 2.05) is 30.3 Å². The molecular weight excluding hydrogens is 283 g/mol. The van der Waals surface area contributed by atoms with Crippen molar-refractivity contribution in [3.05, 3.63) is 35.9 Å². The van der Waals surface area contributed by atoms with Crippen LogP contribution in [0.1, 0.15) is 24.8 Å². The van der Waals surface area contributed by atoms with Crippen LogP contribution in [0.25, 0.3) is 0 Å². The number of alkyl halides is 1. The predicted octanol–water partition coefficient (Wildman–Crippen LogP) is 2.44. The molecule has 0 aliphatic heterocycles. The maximum Gasteiger partial charge on any atom is 0.264 e. The third-order valence-corrected chi connectivity index (χ3v) is 3.86. The zero-order valence-corrected chi connectivity index (χ0v) is 12.2. The number of rotatable bonds is 5. The number of hydrogen-bond acceptors (Lipinski definition) is 4. The Morgan fingerprint density at radius 3 is 2.60 bits per heavy atom. The van der Waals surface area contributed by atoms with Crippen molar-refractivity contribution in [3.63, 3.8) is 0 Å². The molecule has 0 spiro atoms. The molecule has 1 aromatic rings. The average Bonchev–Trinajstić information content (AvgIpc) is 2.39. The van der Waals surface area contributed by atoms with Crippen molar-refractivity contribution in [2.24, 2.45) is 0 Å². The van der Waals surface area contributed by atoms with Crippen molar-refractivity contribution >= 4 is 10.1 Å². The Balaban J connectivity index is 1.99. The summed E-state index contributed by atoms with van der Waals surface area (Å²) in [5, 5.41) is 0. The number of hydrogen-bond donors (Lipinski definition) is 0. The Bertz CT molecular complexity index is 517. The van der Waals surface area contributed by atoms with Crippen molar-refractivity contribution in [1.82, 2.24) is 0 Å². The summed E-state index contributed by atoms with van der Waals surface area (Å²) in [6.45, 7) is 0.321. The van der Waals surface area contributed by atoms with Gasteiger partial charge in [-0.25, -0.2) is 4.39 Å². The summed E-state index contributed by atoms with van der Waals surface area (Å²) in [5.41, 5.74) is 0.964. The standard InChI is InChI=1S/C14H19FO4S/c1-20(16,17)19-14-12(15)8-5-9-13(14)18-10-11-6-3-2-4-7-11/h2-4,6-7,12-14H,5,8-10H2,1H3/t12-,13+,14+/m1/s1. The van der Waals surface area contributed by atoms with Gasteiger partial charge in [-0.3, -0.25) is 4.18 Å². The Morgan fingerprint density at radius 2 is 1.95 bits per heavy atom. The summed E-state index contributed by atoms with van der Waals surface area (Å²) < 4.78 is 46.9. The lowest BCUT2D eigenvalue weighted by Gasteiger charge is -2.33.